The van der Waals surface area contributed by atoms with Crippen LogP contribution in [-0.4, -0.2) is 57.6 Å². The van der Waals surface area contributed by atoms with Gasteiger partial charge in [-0.1, -0.05) is 0 Å². The van der Waals surface area contributed by atoms with Gasteiger partial charge >= 0.3 is 19.2 Å². The van der Waals surface area contributed by atoms with E-state index in [2.05, 4.69) is 15.3 Å². The van der Waals surface area contributed by atoms with Gasteiger partial charge in [-0.25, -0.2) is 19.6 Å². The number of nitrogens with zero attached hydrogens (tertiary/aromatic N) is 2. The van der Waals surface area contributed by atoms with Crippen LogP contribution in [0.1, 0.15) is 64.6 Å². The number of rotatable bonds is 5. The number of alkyl carbamates (subject to hydrolysis) is 1. The molecule has 2 heterocycles. The lowest BCUT2D eigenvalue weighted by Gasteiger charge is -2.32. The molecule has 1 saturated heterocycles. The highest BCUT2D eigenvalue weighted by molar-refractivity contribution is 6.56. The zero-order valence-electron chi connectivity index (χ0n) is 18.4. The number of carboxylic acid groups (broad SMARTS) is 1. The van der Waals surface area contributed by atoms with Crippen LogP contribution in [0.25, 0.3) is 6.08 Å². The predicted octanol–water partition coefficient (Wildman–Crippen LogP) is 2.30. The molecule has 164 valence electrons. The third-order valence-electron chi connectivity index (χ3n) is 4.75. The topological polar surface area (TPSA) is 146 Å². The predicted molar refractivity (Wildman–Crippen MR) is 112 cm³/mol. The molecule has 1 fully saturated rings. The number of aromatic carboxylic acids is 1. The number of nitrogen functional groups attached to an aromatic ring is 1. The lowest BCUT2D eigenvalue weighted by atomic mass is 9.77. The first-order valence-electron chi connectivity index (χ1n) is 9.50. The average Bonchev–Trinajstić information content (AvgIpc) is 2.78. The molecule has 0 aromatic carbocycles. The lowest BCUT2D eigenvalue weighted by molar-refractivity contribution is 0.00578. The van der Waals surface area contributed by atoms with Crippen molar-refractivity contribution in [1.29, 1.82) is 0 Å². The SMILES string of the molecule is CC(C)(C)OC(=O)NCC(=Cc1cnc(N)c(C(=O)O)n1)B1OC(C)(C)C(C)(C)O1. The summed E-state index contributed by atoms with van der Waals surface area (Å²) < 4.78 is 17.4. The quantitative estimate of drug-likeness (QED) is 0.611. The van der Waals surface area contributed by atoms with E-state index in [1.165, 1.54) is 6.20 Å². The molecule has 0 atom stereocenters. The fourth-order valence-corrected chi connectivity index (χ4v) is 2.51. The van der Waals surface area contributed by atoms with E-state index in [9.17, 15) is 14.7 Å². The number of carboxylic acids is 1. The molecule has 1 aromatic heterocycles. The highest BCUT2D eigenvalue weighted by Crippen LogP contribution is 2.38. The molecular formula is C19H29BN4O6. The van der Waals surface area contributed by atoms with Crippen molar-refractivity contribution < 1.29 is 28.7 Å². The third-order valence-corrected chi connectivity index (χ3v) is 4.75. The molecule has 0 unspecified atom stereocenters. The molecule has 2 rings (SSSR count). The molecule has 0 saturated carbocycles. The number of carbonyl (C=O) groups excluding carboxylic acids is 1. The van der Waals surface area contributed by atoms with Gasteiger partial charge in [0.05, 0.1) is 23.1 Å². The Bertz CT molecular complexity index is 847. The van der Waals surface area contributed by atoms with Crippen LogP contribution >= 0.6 is 0 Å². The summed E-state index contributed by atoms with van der Waals surface area (Å²) >= 11 is 0. The van der Waals surface area contributed by atoms with Crippen molar-refractivity contribution in [3.8, 4) is 0 Å². The molecule has 1 aromatic rings. The van der Waals surface area contributed by atoms with E-state index in [1.807, 2.05) is 27.7 Å². The molecule has 4 N–H and O–H groups in total. The normalized spacial score (nSPS) is 18.2. The number of aromatic nitrogens is 2. The molecular weight excluding hydrogens is 391 g/mol. The van der Waals surface area contributed by atoms with E-state index < -0.39 is 36.0 Å². The maximum atomic E-state index is 12.1. The van der Waals surface area contributed by atoms with Gasteiger partial charge in [-0.15, -0.1) is 0 Å². The van der Waals surface area contributed by atoms with Crippen molar-refractivity contribution in [2.45, 2.75) is 65.3 Å². The lowest BCUT2D eigenvalue weighted by Crippen LogP contribution is -2.41. The summed E-state index contributed by atoms with van der Waals surface area (Å²) in [7, 11) is -0.794. The van der Waals surface area contributed by atoms with E-state index in [1.54, 1.807) is 26.8 Å². The fraction of sp³-hybridized carbons (Fsp3) is 0.579. The summed E-state index contributed by atoms with van der Waals surface area (Å²) in [6.07, 6.45) is 2.28. The molecule has 0 bridgehead atoms. The number of nitrogens with two attached hydrogens (primary N) is 1. The number of amides is 1. The first-order valence-corrected chi connectivity index (χ1v) is 9.50. The zero-order chi connectivity index (χ0) is 22.9. The van der Waals surface area contributed by atoms with Gasteiger partial charge in [0.2, 0.25) is 0 Å². The van der Waals surface area contributed by atoms with E-state index in [0.717, 1.165) is 0 Å². The summed E-state index contributed by atoms with van der Waals surface area (Å²) in [6.45, 7) is 12.9. The van der Waals surface area contributed by atoms with Crippen LogP contribution in [-0.2, 0) is 14.0 Å². The average molecular weight is 420 g/mol. The number of hydrogen-bond donors (Lipinski definition) is 3. The first-order chi connectivity index (χ1) is 13.6. The number of anilines is 1. The Morgan fingerprint density at radius 3 is 2.33 bits per heavy atom. The van der Waals surface area contributed by atoms with Crippen LogP contribution in [0.4, 0.5) is 10.6 Å². The van der Waals surface area contributed by atoms with Crippen molar-refractivity contribution in [1.82, 2.24) is 15.3 Å². The van der Waals surface area contributed by atoms with Gasteiger partial charge < -0.3 is 30.2 Å². The number of ether oxygens (including phenoxy) is 1. The summed E-state index contributed by atoms with van der Waals surface area (Å²) in [6, 6.07) is 0. The summed E-state index contributed by atoms with van der Waals surface area (Å²) in [5.41, 5.74) is 4.08. The minimum absolute atomic E-state index is 0.0280. The van der Waals surface area contributed by atoms with Crippen LogP contribution in [0, 0.1) is 0 Å². The number of nitrogens with one attached hydrogen (secondary N) is 1. The number of carbonyl (C=O) groups is 2. The third kappa shape index (κ3) is 5.70. The fourth-order valence-electron chi connectivity index (χ4n) is 2.51. The molecule has 10 nitrogen and oxygen atoms in total. The van der Waals surface area contributed by atoms with Crippen molar-refractivity contribution in [3.63, 3.8) is 0 Å². The molecule has 0 radical (unpaired) electrons. The van der Waals surface area contributed by atoms with Gasteiger partial charge in [-0.3, -0.25) is 0 Å². The molecule has 0 spiro atoms. The van der Waals surface area contributed by atoms with E-state index in [0.29, 0.717) is 5.47 Å². The number of hydrogen-bond acceptors (Lipinski definition) is 8. The van der Waals surface area contributed by atoms with Gasteiger partial charge in [0, 0.05) is 6.54 Å². The molecule has 1 aliphatic heterocycles. The molecule has 0 aliphatic carbocycles. The van der Waals surface area contributed by atoms with Crippen molar-refractivity contribution in [2.75, 3.05) is 12.3 Å². The summed E-state index contributed by atoms with van der Waals surface area (Å²) in [4.78, 5) is 31.3. The van der Waals surface area contributed by atoms with E-state index in [-0.39, 0.29) is 23.8 Å². The van der Waals surface area contributed by atoms with Crippen molar-refractivity contribution in [3.05, 3.63) is 23.1 Å². The highest BCUT2D eigenvalue weighted by Gasteiger charge is 2.52. The molecule has 30 heavy (non-hydrogen) atoms. The molecule has 1 aliphatic rings. The van der Waals surface area contributed by atoms with Crippen LogP contribution in [0.5, 0.6) is 0 Å². The monoisotopic (exact) mass is 420 g/mol. The first kappa shape index (κ1) is 23.6. The minimum atomic E-state index is -1.29. The van der Waals surface area contributed by atoms with Gasteiger partial charge in [-0.05, 0) is 60.0 Å². The second kappa shape index (κ2) is 8.23. The van der Waals surface area contributed by atoms with Crippen molar-refractivity contribution in [2.24, 2.45) is 0 Å². The van der Waals surface area contributed by atoms with Crippen LogP contribution < -0.4 is 11.1 Å². The smallest absolute Gasteiger partial charge is 0.476 e. The van der Waals surface area contributed by atoms with Gasteiger partial charge in [0.1, 0.15) is 5.60 Å². The van der Waals surface area contributed by atoms with Gasteiger partial charge in [0.25, 0.3) is 0 Å². The molecule has 11 heteroatoms. The maximum Gasteiger partial charge on any atom is 0.492 e. The second-order valence-corrected chi connectivity index (χ2v) is 9.00. The Hall–Kier alpha value is -2.66. The minimum Gasteiger partial charge on any atom is -0.476 e. The van der Waals surface area contributed by atoms with Crippen molar-refractivity contribution >= 4 is 31.1 Å². The Morgan fingerprint density at radius 1 is 1.27 bits per heavy atom. The highest BCUT2D eigenvalue weighted by atomic mass is 16.7. The van der Waals surface area contributed by atoms with Crippen LogP contribution in [0.15, 0.2) is 11.7 Å². The van der Waals surface area contributed by atoms with E-state index in [4.69, 9.17) is 19.8 Å². The Balaban J connectivity index is 2.34. The summed E-state index contributed by atoms with van der Waals surface area (Å²) in [5, 5.41) is 11.9. The van der Waals surface area contributed by atoms with E-state index >= 15 is 0 Å². The Kier molecular flexibility index (Phi) is 6.48. The maximum absolute atomic E-state index is 12.1. The largest absolute Gasteiger partial charge is 0.492 e. The van der Waals surface area contributed by atoms with Crippen LogP contribution in [0.3, 0.4) is 0 Å². The Morgan fingerprint density at radius 2 is 1.83 bits per heavy atom. The molecule has 1 amide bonds. The van der Waals surface area contributed by atoms with Gasteiger partial charge in [-0.2, -0.15) is 0 Å². The second-order valence-electron chi connectivity index (χ2n) is 9.00. The summed E-state index contributed by atoms with van der Waals surface area (Å²) in [5.74, 6) is -1.48. The standard InChI is InChI=1S/C19H29BN4O6/c1-17(2,3)28-16(27)23-9-11(20-29-18(4,5)19(6,7)30-20)8-12-10-22-14(21)13(24-12)15(25)26/h8,10H,9H2,1-7H3,(H2,21,22)(H,23,27)(H,25,26). The van der Waals surface area contributed by atoms with Crippen LogP contribution in [0.2, 0.25) is 0 Å². The van der Waals surface area contributed by atoms with Gasteiger partial charge in [0.15, 0.2) is 11.5 Å². The zero-order valence-corrected chi connectivity index (χ0v) is 18.4. The Labute approximate surface area is 176 Å².